The van der Waals surface area contributed by atoms with Crippen molar-refractivity contribution in [2.45, 2.75) is 19.3 Å². The summed E-state index contributed by atoms with van der Waals surface area (Å²) in [6.45, 7) is 3.36. The lowest BCUT2D eigenvalue weighted by Crippen LogP contribution is -2.29. The average Bonchev–Trinajstić information content (AvgIpc) is 2.03. The Hall–Kier alpha value is -0.130. The van der Waals surface area contributed by atoms with Gasteiger partial charge in [0.2, 0.25) is 0 Å². The second-order valence-electron chi connectivity index (χ2n) is 2.63. The van der Waals surface area contributed by atoms with Gasteiger partial charge in [0.05, 0.1) is 6.54 Å². The highest BCUT2D eigenvalue weighted by molar-refractivity contribution is 7.85. The van der Waals surface area contributed by atoms with Crippen molar-refractivity contribution in [2.75, 3.05) is 19.6 Å². The van der Waals surface area contributed by atoms with Crippen molar-refractivity contribution >= 4 is 12.6 Å². The third-order valence-corrected chi connectivity index (χ3v) is 1.99. The van der Waals surface area contributed by atoms with Gasteiger partial charge in [-0.05, 0) is 31.2 Å². The van der Waals surface area contributed by atoms with E-state index in [0.29, 0.717) is 0 Å². The van der Waals surface area contributed by atoms with Crippen molar-refractivity contribution in [1.29, 1.82) is 0 Å². The fourth-order valence-corrected chi connectivity index (χ4v) is 1.34. The molecule has 1 nitrogen and oxygen atoms in total. The molecule has 0 bridgehead atoms. The molecule has 0 amide bonds. The maximum atomic E-state index is 3.83. The van der Waals surface area contributed by atoms with Crippen LogP contribution in [0.25, 0.3) is 0 Å². The minimum Gasteiger partial charge on any atom is -0.292 e. The molecule has 1 saturated heterocycles. The molecule has 0 atom stereocenters. The summed E-state index contributed by atoms with van der Waals surface area (Å²) < 4.78 is 0. The number of likely N-dealkylation sites (tertiary alicyclic amines) is 1. The first kappa shape index (κ1) is 7.97. The Morgan fingerprint density at radius 3 is 2.50 bits per heavy atom. The van der Waals surface area contributed by atoms with Crippen LogP contribution < -0.4 is 0 Å². The van der Waals surface area contributed by atoms with Crippen LogP contribution in [0.4, 0.5) is 0 Å². The maximum absolute atomic E-state index is 3.83. The van der Waals surface area contributed by atoms with Gasteiger partial charge in [0.1, 0.15) is 0 Å². The van der Waals surface area contributed by atoms with Crippen molar-refractivity contribution < 1.29 is 0 Å². The second kappa shape index (κ2) is 4.65. The molecule has 56 valence electrons. The topological polar surface area (TPSA) is 3.24 Å². The van der Waals surface area contributed by atoms with Crippen molar-refractivity contribution in [3.8, 4) is 11.2 Å². The van der Waals surface area contributed by atoms with Crippen LogP contribution >= 0.6 is 12.6 Å². The fourth-order valence-electron chi connectivity index (χ4n) is 1.26. The van der Waals surface area contributed by atoms with Crippen molar-refractivity contribution in [3.05, 3.63) is 0 Å². The summed E-state index contributed by atoms with van der Waals surface area (Å²) in [7, 11) is 0. The largest absolute Gasteiger partial charge is 0.292 e. The molecule has 0 aromatic carbocycles. The van der Waals surface area contributed by atoms with Gasteiger partial charge in [-0.2, -0.15) is 0 Å². The van der Waals surface area contributed by atoms with E-state index in [-0.39, 0.29) is 0 Å². The van der Waals surface area contributed by atoms with E-state index >= 15 is 0 Å². The van der Waals surface area contributed by atoms with E-state index in [0.717, 1.165) is 6.54 Å². The lowest BCUT2D eigenvalue weighted by atomic mass is 10.1. The summed E-state index contributed by atoms with van der Waals surface area (Å²) in [5.41, 5.74) is 0. The molecule has 2 heteroatoms. The lowest BCUT2D eigenvalue weighted by molar-refractivity contribution is 0.255. The van der Waals surface area contributed by atoms with Crippen molar-refractivity contribution in [1.82, 2.24) is 4.90 Å². The predicted octanol–water partition coefficient (Wildman–Crippen LogP) is 1.36. The quantitative estimate of drug-likeness (QED) is 0.442. The van der Waals surface area contributed by atoms with E-state index in [1.807, 2.05) is 0 Å². The lowest BCUT2D eigenvalue weighted by Gasteiger charge is -2.23. The van der Waals surface area contributed by atoms with Crippen LogP contribution in [-0.4, -0.2) is 24.5 Å². The van der Waals surface area contributed by atoms with E-state index in [4.69, 9.17) is 0 Å². The van der Waals surface area contributed by atoms with Crippen molar-refractivity contribution in [2.24, 2.45) is 0 Å². The minimum atomic E-state index is 0.906. The fraction of sp³-hybridized carbons (Fsp3) is 0.750. The van der Waals surface area contributed by atoms with Crippen LogP contribution in [-0.2, 0) is 0 Å². The van der Waals surface area contributed by atoms with E-state index in [2.05, 4.69) is 28.7 Å². The number of hydrogen-bond donors (Lipinski definition) is 1. The number of thiol groups is 1. The summed E-state index contributed by atoms with van der Waals surface area (Å²) in [6.07, 6.45) is 4.08. The molecule has 1 aliphatic heterocycles. The third-order valence-electron chi connectivity index (χ3n) is 1.83. The van der Waals surface area contributed by atoms with Gasteiger partial charge in [-0.25, -0.2) is 0 Å². The molecule has 0 spiro atoms. The van der Waals surface area contributed by atoms with Crippen LogP contribution in [0, 0.1) is 11.2 Å². The van der Waals surface area contributed by atoms with Gasteiger partial charge in [-0.3, -0.25) is 4.90 Å². The molecular formula is C8H13NS. The molecule has 10 heavy (non-hydrogen) atoms. The zero-order valence-electron chi connectivity index (χ0n) is 6.14. The Balaban J connectivity index is 2.17. The van der Waals surface area contributed by atoms with Gasteiger partial charge in [-0.1, -0.05) is 25.0 Å². The predicted molar refractivity (Wildman–Crippen MR) is 47.1 cm³/mol. The first-order chi connectivity index (χ1) is 4.93. The summed E-state index contributed by atoms with van der Waals surface area (Å²) in [4.78, 5) is 2.38. The third kappa shape index (κ3) is 2.64. The summed E-state index contributed by atoms with van der Waals surface area (Å²) in [5.74, 6) is 2.96. The normalized spacial score (nSPS) is 19.7. The number of nitrogens with zero attached hydrogens (tertiary/aromatic N) is 1. The molecule has 1 fully saturated rings. The molecule has 0 aliphatic carbocycles. The Labute approximate surface area is 68.2 Å². The van der Waals surface area contributed by atoms with E-state index in [9.17, 15) is 0 Å². The standard InChI is InChI=1S/C8H13NS/c10-8-4-7-9-5-2-1-3-6-9/h10H,1-3,5-7H2. The molecular weight excluding hydrogens is 142 g/mol. The average molecular weight is 155 g/mol. The van der Waals surface area contributed by atoms with Crippen LogP contribution in [0.5, 0.6) is 0 Å². The van der Waals surface area contributed by atoms with Crippen LogP contribution in [0.15, 0.2) is 0 Å². The molecule has 0 aromatic rings. The van der Waals surface area contributed by atoms with E-state index in [1.54, 1.807) is 0 Å². The minimum absolute atomic E-state index is 0.906. The zero-order valence-corrected chi connectivity index (χ0v) is 7.03. The van der Waals surface area contributed by atoms with Crippen LogP contribution in [0.1, 0.15) is 19.3 Å². The molecule has 0 unspecified atom stereocenters. The Morgan fingerprint density at radius 1 is 1.20 bits per heavy atom. The van der Waals surface area contributed by atoms with Crippen molar-refractivity contribution in [3.63, 3.8) is 0 Å². The Morgan fingerprint density at radius 2 is 1.90 bits per heavy atom. The molecule has 0 saturated carbocycles. The second-order valence-corrected chi connectivity index (χ2v) is 2.85. The van der Waals surface area contributed by atoms with Gasteiger partial charge in [-0.15, -0.1) is 0 Å². The first-order valence-corrected chi connectivity index (χ1v) is 4.22. The highest BCUT2D eigenvalue weighted by atomic mass is 32.1. The van der Waals surface area contributed by atoms with E-state index < -0.39 is 0 Å². The van der Waals surface area contributed by atoms with Crippen LogP contribution in [0.2, 0.25) is 0 Å². The van der Waals surface area contributed by atoms with Gasteiger partial charge in [0.25, 0.3) is 0 Å². The molecule has 0 radical (unpaired) electrons. The number of rotatable bonds is 1. The monoisotopic (exact) mass is 155 g/mol. The smallest absolute Gasteiger partial charge is 0.0610 e. The molecule has 0 N–H and O–H groups in total. The molecule has 1 aliphatic rings. The highest BCUT2D eigenvalue weighted by Crippen LogP contribution is 2.06. The summed E-state index contributed by atoms with van der Waals surface area (Å²) >= 11 is 3.83. The summed E-state index contributed by atoms with van der Waals surface area (Å²) in [5, 5.41) is 2.62. The number of hydrogen-bond acceptors (Lipinski definition) is 2. The van der Waals surface area contributed by atoms with Gasteiger partial charge < -0.3 is 0 Å². The molecule has 1 heterocycles. The number of piperidine rings is 1. The summed E-state index contributed by atoms with van der Waals surface area (Å²) in [6, 6.07) is 0. The van der Waals surface area contributed by atoms with Gasteiger partial charge in [0.15, 0.2) is 0 Å². The van der Waals surface area contributed by atoms with Crippen LogP contribution in [0.3, 0.4) is 0 Å². The van der Waals surface area contributed by atoms with E-state index in [1.165, 1.54) is 32.4 Å². The Bertz CT molecular complexity index is 139. The Kier molecular flexibility index (Phi) is 3.71. The van der Waals surface area contributed by atoms with Gasteiger partial charge in [0, 0.05) is 0 Å². The molecule has 0 aromatic heterocycles. The zero-order chi connectivity index (χ0) is 7.23. The van der Waals surface area contributed by atoms with Gasteiger partial charge >= 0.3 is 0 Å². The maximum Gasteiger partial charge on any atom is 0.0610 e. The first-order valence-electron chi connectivity index (χ1n) is 3.78. The SMILES string of the molecule is SC#CCN1CCCCC1. The highest BCUT2D eigenvalue weighted by Gasteiger charge is 2.06. The molecule has 1 rings (SSSR count).